The molecule has 4 heteroatoms. The maximum absolute atomic E-state index is 11.6. The molecule has 3 atom stereocenters. The van der Waals surface area contributed by atoms with E-state index in [4.69, 9.17) is 10.8 Å². The molecule has 1 aliphatic rings. The highest BCUT2D eigenvalue weighted by Crippen LogP contribution is 2.22. The van der Waals surface area contributed by atoms with Crippen molar-refractivity contribution >= 4 is 5.91 Å². The van der Waals surface area contributed by atoms with Crippen molar-refractivity contribution in [3.63, 3.8) is 0 Å². The van der Waals surface area contributed by atoms with Gasteiger partial charge in [-0.2, -0.15) is 0 Å². The van der Waals surface area contributed by atoms with E-state index in [0.29, 0.717) is 6.54 Å². The molecule has 0 bridgehead atoms. The molecule has 1 saturated carbocycles. The molecular formula is C10H20N2O2. The van der Waals surface area contributed by atoms with Gasteiger partial charge in [-0.25, -0.2) is 0 Å². The zero-order valence-corrected chi connectivity index (χ0v) is 8.70. The first-order chi connectivity index (χ1) is 6.59. The summed E-state index contributed by atoms with van der Waals surface area (Å²) < 4.78 is 0. The summed E-state index contributed by atoms with van der Waals surface area (Å²) in [6.07, 6.45) is 3.30. The Morgan fingerprint density at radius 3 is 2.93 bits per heavy atom. The van der Waals surface area contributed by atoms with Crippen molar-refractivity contribution < 1.29 is 9.90 Å². The molecule has 14 heavy (non-hydrogen) atoms. The first kappa shape index (κ1) is 11.5. The van der Waals surface area contributed by atoms with Gasteiger partial charge in [-0.15, -0.1) is 0 Å². The van der Waals surface area contributed by atoms with Gasteiger partial charge >= 0.3 is 0 Å². The number of aliphatic hydroxyl groups excluding tert-OH is 1. The van der Waals surface area contributed by atoms with Crippen LogP contribution >= 0.6 is 0 Å². The van der Waals surface area contributed by atoms with Gasteiger partial charge in [0.2, 0.25) is 5.91 Å². The third kappa shape index (κ3) is 3.64. The fourth-order valence-electron chi connectivity index (χ4n) is 1.86. The van der Waals surface area contributed by atoms with Crippen molar-refractivity contribution in [2.45, 2.75) is 44.8 Å². The maximum Gasteiger partial charge on any atom is 0.223 e. The molecule has 0 aliphatic heterocycles. The van der Waals surface area contributed by atoms with Crippen LogP contribution in [0.2, 0.25) is 0 Å². The monoisotopic (exact) mass is 200 g/mol. The predicted octanol–water partition coefficient (Wildman–Crippen LogP) is 0.000900. The summed E-state index contributed by atoms with van der Waals surface area (Å²) in [5.74, 6) is 0.0959. The summed E-state index contributed by atoms with van der Waals surface area (Å²) in [7, 11) is 0. The van der Waals surface area contributed by atoms with Crippen LogP contribution in [0.4, 0.5) is 0 Å². The van der Waals surface area contributed by atoms with Gasteiger partial charge in [-0.3, -0.25) is 4.79 Å². The Bertz CT molecular complexity index is 195. The van der Waals surface area contributed by atoms with E-state index >= 15 is 0 Å². The molecule has 0 aromatic heterocycles. The number of hydrogen-bond acceptors (Lipinski definition) is 3. The second-order valence-corrected chi connectivity index (χ2v) is 4.22. The van der Waals surface area contributed by atoms with Crippen LogP contribution in [0, 0.1) is 5.92 Å². The Labute approximate surface area is 84.9 Å². The van der Waals surface area contributed by atoms with Gasteiger partial charge in [0.1, 0.15) is 0 Å². The molecule has 0 spiro atoms. The normalized spacial score (nSPS) is 29.6. The number of nitrogens with two attached hydrogens (primary N) is 1. The van der Waals surface area contributed by atoms with Crippen molar-refractivity contribution in [1.29, 1.82) is 0 Å². The molecule has 0 heterocycles. The van der Waals surface area contributed by atoms with Crippen LogP contribution < -0.4 is 11.1 Å². The average molecular weight is 200 g/mol. The molecule has 0 radical (unpaired) electrons. The number of carbonyl (C=O) groups is 1. The average Bonchev–Trinajstić information content (AvgIpc) is 2.14. The van der Waals surface area contributed by atoms with E-state index in [1.54, 1.807) is 6.92 Å². The van der Waals surface area contributed by atoms with Crippen LogP contribution in [0.1, 0.15) is 32.6 Å². The number of nitrogens with one attached hydrogen (secondary N) is 1. The van der Waals surface area contributed by atoms with Crippen LogP contribution in [0.15, 0.2) is 0 Å². The predicted molar refractivity (Wildman–Crippen MR) is 54.6 cm³/mol. The second kappa shape index (κ2) is 5.32. The quantitative estimate of drug-likeness (QED) is 0.600. The molecule has 0 aromatic rings. The van der Waals surface area contributed by atoms with E-state index in [1.807, 2.05) is 0 Å². The van der Waals surface area contributed by atoms with Crippen molar-refractivity contribution in [3.05, 3.63) is 0 Å². The van der Waals surface area contributed by atoms with Gasteiger partial charge in [0.25, 0.3) is 0 Å². The van der Waals surface area contributed by atoms with Crippen LogP contribution in [0.5, 0.6) is 0 Å². The van der Waals surface area contributed by atoms with Crippen LogP contribution in [0.25, 0.3) is 0 Å². The number of hydrogen-bond donors (Lipinski definition) is 3. The molecule has 4 N–H and O–H groups in total. The Kier molecular flexibility index (Phi) is 4.35. The Morgan fingerprint density at radius 1 is 1.64 bits per heavy atom. The zero-order chi connectivity index (χ0) is 10.6. The SMILES string of the molecule is C[C@@H](O)CNC(=O)C1CCCC(N)C1. The minimum absolute atomic E-state index is 0.0426. The summed E-state index contributed by atoms with van der Waals surface area (Å²) in [6, 6.07) is 0.172. The lowest BCUT2D eigenvalue weighted by Crippen LogP contribution is -2.40. The highest BCUT2D eigenvalue weighted by molar-refractivity contribution is 5.78. The third-order valence-electron chi connectivity index (χ3n) is 2.66. The molecule has 1 amide bonds. The summed E-state index contributed by atoms with van der Waals surface area (Å²) >= 11 is 0. The maximum atomic E-state index is 11.6. The Hall–Kier alpha value is -0.610. The summed E-state index contributed by atoms with van der Waals surface area (Å²) in [6.45, 7) is 2.00. The zero-order valence-electron chi connectivity index (χ0n) is 8.70. The van der Waals surface area contributed by atoms with Gasteiger partial charge in [-0.1, -0.05) is 6.42 Å². The highest BCUT2D eigenvalue weighted by Gasteiger charge is 2.24. The molecule has 82 valence electrons. The van der Waals surface area contributed by atoms with Gasteiger partial charge in [0.15, 0.2) is 0 Å². The van der Waals surface area contributed by atoms with Crippen LogP contribution in [-0.4, -0.2) is 29.7 Å². The van der Waals surface area contributed by atoms with Crippen molar-refractivity contribution in [3.8, 4) is 0 Å². The van der Waals surface area contributed by atoms with Gasteiger partial charge in [0.05, 0.1) is 6.10 Å². The van der Waals surface area contributed by atoms with Gasteiger partial charge < -0.3 is 16.2 Å². The number of carbonyl (C=O) groups excluding carboxylic acids is 1. The largest absolute Gasteiger partial charge is 0.392 e. The molecule has 1 fully saturated rings. The fraction of sp³-hybridized carbons (Fsp3) is 0.900. The molecule has 0 saturated heterocycles. The highest BCUT2D eigenvalue weighted by atomic mass is 16.3. The van der Waals surface area contributed by atoms with Gasteiger partial charge in [0, 0.05) is 18.5 Å². The van der Waals surface area contributed by atoms with E-state index in [-0.39, 0.29) is 17.9 Å². The summed E-state index contributed by atoms with van der Waals surface area (Å²) in [5, 5.41) is 11.7. The molecule has 2 unspecified atom stereocenters. The lowest BCUT2D eigenvalue weighted by atomic mass is 9.85. The first-order valence-corrected chi connectivity index (χ1v) is 5.31. The Balaban J connectivity index is 2.29. The smallest absolute Gasteiger partial charge is 0.223 e. The lowest BCUT2D eigenvalue weighted by Gasteiger charge is -2.25. The van der Waals surface area contributed by atoms with Gasteiger partial charge in [-0.05, 0) is 26.2 Å². The van der Waals surface area contributed by atoms with E-state index in [2.05, 4.69) is 5.32 Å². The first-order valence-electron chi connectivity index (χ1n) is 5.31. The Morgan fingerprint density at radius 2 is 2.36 bits per heavy atom. The summed E-state index contributed by atoms with van der Waals surface area (Å²) in [5.41, 5.74) is 5.79. The topological polar surface area (TPSA) is 75.3 Å². The van der Waals surface area contributed by atoms with E-state index < -0.39 is 6.10 Å². The van der Waals surface area contributed by atoms with Crippen molar-refractivity contribution in [1.82, 2.24) is 5.32 Å². The van der Waals surface area contributed by atoms with E-state index in [1.165, 1.54) is 0 Å². The summed E-state index contributed by atoms with van der Waals surface area (Å²) in [4.78, 5) is 11.6. The molecule has 0 aromatic carbocycles. The van der Waals surface area contributed by atoms with Crippen LogP contribution in [0.3, 0.4) is 0 Å². The molecule has 1 aliphatic carbocycles. The van der Waals surface area contributed by atoms with Crippen molar-refractivity contribution in [2.24, 2.45) is 11.7 Å². The fourth-order valence-corrected chi connectivity index (χ4v) is 1.86. The van der Waals surface area contributed by atoms with E-state index in [9.17, 15) is 4.79 Å². The number of aliphatic hydroxyl groups is 1. The minimum Gasteiger partial charge on any atom is -0.392 e. The van der Waals surface area contributed by atoms with E-state index in [0.717, 1.165) is 25.7 Å². The molecule has 4 nitrogen and oxygen atoms in total. The lowest BCUT2D eigenvalue weighted by molar-refractivity contribution is -0.126. The van der Waals surface area contributed by atoms with Crippen LogP contribution in [-0.2, 0) is 4.79 Å². The molecule has 1 rings (SSSR count). The minimum atomic E-state index is -0.476. The van der Waals surface area contributed by atoms with Crippen molar-refractivity contribution in [2.75, 3.05) is 6.54 Å². The number of amides is 1. The second-order valence-electron chi connectivity index (χ2n) is 4.22. The molecular weight excluding hydrogens is 180 g/mol. The third-order valence-corrected chi connectivity index (χ3v) is 2.66. The standard InChI is InChI=1S/C10H20N2O2/c1-7(13)6-12-10(14)8-3-2-4-9(11)5-8/h7-9,13H,2-6,11H2,1H3,(H,12,14)/t7-,8?,9?/m1/s1. The number of rotatable bonds is 3.